The van der Waals surface area contributed by atoms with Crippen LogP contribution in [0.4, 0.5) is 5.69 Å². The second kappa shape index (κ2) is 6.69. The molecule has 0 saturated carbocycles. The lowest BCUT2D eigenvalue weighted by Crippen LogP contribution is -2.33. The van der Waals surface area contributed by atoms with Crippen LogP contribution in [-0.2, 0) is 11.8 Å². The predicted octanol–water partition coefficient (Wildman–Crippen LogP) is 1.93. The first-order valence-electron chi connectivity index (χ1n) is 6.64. The van der Waals surface area contributed by atoms with Crippen molar-refractivity contribution in [2.45, 2.75) is 12.8 Å². The Morgan fingerprint density at radius 2 is 2.00 bits per heavy atom. The quantitative estimate of drug-likeness (QED) is 0.881. The summed E-state index contributed by atoms with van der Waals surface area (Å²) in [6.45, 7) is 0.348. The maximum atomic E-state index is 12.6. The molecule has 2 aromatic rings. The van der Waals surface area contributed by atoms with Gasteiger partial charge in [-0.3, -0.25) is 9.59 Å². The lowest BCUT2D eigenvalue weighted by atomic mass is 10.2. The Hall–Kier alpha value is -2.63. The van der Waals surface area contributed by atoms with Crippen molar-refractivity contribution in [1.82, 2.24) is 9.55 Å². The van der Waals surface area contributed by atoms with Gasteiger partial charge >= 0.3 is 5.97 Å². The number of benzene rings is 1. The second-order valence-corrected chi connectivity index (χ2v) is 4.68. The molecule has 6 nitrogen and oxygen atoms in total. The molecule has 2 rings (SSSR count). The fourth-order valence-corrected chi connectivity index (χ4v) is 2.05. The number of aliphatic carboxylic acids is 1. The normalized spacial score (nSPS) is 10.3. The molecule has 0 fully saturated rings. The van der Waals surface area contributed by atoms with Crippen molar-refractivity contribution in [1.29, 1.82) is 0 Å². The average molecular weight is 287 g/mol. The molecule has 1 aromatic carbocycles. The number of aryl methyl sites for hydroxylation is 1. The number of rotatable bonds is 6. The molecule has 6 heteroatoms. The zero-order valence-electron chi connectivity index (χ0n) is 11.8. The van der Waals surface area contributed by atoms with Crippen LogP contribution in [0.2, 0.25) is 0 Å². The molecule has 0 atom stereocenters. The molecule has 1 amide bonds. The third-order valence-corrected chi connectivity index (χ3v) is 3.12. The van der Waals surface area contributed by atoms with E-state index < -0.39 is 5.97 Å². The summed E-state index contributed by atoms with van der Waals surface area (Å²) in [5.41, 5.74) is 1.21. The van der Waals surface area contributed by atoms with Gasteiger partial charge in [0.1, 0.15) is 5.69 Å². The Balaban J connectivity index is 2.21. The highest BCUT2D eigenvalue weighted by atomic mass is 16.4. The van der Waals surface area contributed by atoms with Crippen LogP contribution in [0, 0.1) is 0 Å². The van der Waals surface area contributed by atoms with E-state index in [2.05, 4.69) is 4.98 Å². The van der Waals surface area contributed by atoms with Crippen LogP contribution in [0.1, 0.15) is 23.3 Å². The molecule has 1 N–H and O–H groups in total. The number of carbonyl (C=O) groups is 2. The van der Waals surface area contributed by atoms with Crippen molar-refractivity contribution >= 4 is 17.6 Å². The molecule has 1 heterocycles. The van der Waals surface area contributed by atoms with E-state index in [-0.39, 0.29) is 12.3 Å². The van der Waals surface area contributed by atoms with Crippen LogP contribution in [0.15, 0.2) is 42.9 Å². The zero-order chi connectivity index (χ0) is 15.2. The van der Waals surface area contributed by atoms with Crippen molar-refractivity contribution in [3.63, 3.8) is 0 Å². The molecule has 0 spiro atoms. The number of aromatic nitrogens is 2. The van der Waals surface area contributed by atoms with Gasteiger partial charge in [0.15, 0.2) is 0 Å². The Labute approximate surface area is 122 Å². The van der Waals surface area contributed by atoms with Gasteiger partial charge in [0.2, 0.25) is 0 Å². The number of carboxylic acid groups (broad SMARTS) is 1. The van der Waals surface area contributed by atoms with E-state index in [4.69, 9.17) is 5.11 Å². The predicted molar refractivity (Wildman–Crippen MR) is 78.2 cm³/mol. The minimum atomic E-state index is -0.865. The number of hydrogen-bond donors (Lipinski definition) is 1. The number of nitrogens with zero attached hydrogens (tertiary/aromatic N) is 3. The smallest absolute Gasteiger partial charge is 0.303 e. The number of carboxylic acids is 1. The van der Waals surface area contributed by atoms with E-state index >= 15 is 0 Å². The third kappa shape index (κ3) is 3.68. The van der Waals surface area contributed by atoms with Gasteiger partial charge in [-0.15, -0.1) is 0 Å². The van der Waals surface area contributed by atoms with E-state index in [0.717, 1.165) is 5.69 Å². The molecule has 1 aromatic heterocycles. The van der Waals surface area contributed by atoms with Crippen LogP contribution in [0.5, 0.6) is 0 Å². The van der Waals surface area contributed by atoms with Crippen LogP contribution in [-0.4, -0.2) is 33.1 Å². The summed E-state index contributed by atoms with van der Waals surface area (Å²) in [5.74, 6) is -1.05. The van der Waals surface area contributed by atoms with Crippen molar-refractivity contribution in [3.05, 3.63) is 48.5 Å². The molecule has 0 aliphatic carbocycles. The number of carbonyl (C=O) groups excluding carboxylic acids is 1. The van der Waals surface area contributed by atoms with Gasteiger partial charge in [0.05, 0.1) is 12.5 Å². The highest BCUT2D eigenvalue weighted by molar-refractivity contribution is 6.04. The fourth-order valence-electron chi connectivity index (χ4n) is 2.05. The summed E-state index contributed by atoms with van der Waals surface area (Å²) in [7, 11) is 1.75. The van der Waals surface area contributed by atoms with Gasteiger partial charge in [0, 0.05) is 25.7 Å². The summed E-state index contributed by atoms with van der Waals surface area (Å²) < 4.78 is 1.65. The second-order valence-electron chi connectivity index (χ2n) is 4.68. The largest absolute Gasteiger partial charge is 0.481 e. The lowest BCUT2D eigenvalue weighted by Gasteiger charge is -2.22. The number of anilines is 1. The van der Waals surface area contributed by atoms with Gasteiger partial charge in [-0.1, -0.05) is 18.2 Å². The zero-order valence-corrected chi connectivity index (χ0v) is 11.8. The van der Waals surface area contributed by atoms with Crippen LogP contribution in [0.3, 0.4) is 0 Å². The summed E-state index contributed by atoms with van der Waals surface area (Å²) in [6.07, 6.45) is 3.50. The maximum Gasteiger partial charge on any atom is 0.303 e. The van der Waals surface area contributed by atoms with E-state index in [1.54, 1.807) is 22.8 Å². The molecular formula is C15H17N3O3. The molecule has 0 saturated heterocycles. The van der Waals surface area contributed by atoms with Crippen molar-refractivity contribution < 1.29 is 14.7 Å². The molecule has 0 aliphatic heterocycles. The lowest BCUT2D eigenvalue weighted by molar-refractivity contribution is -0.137. The number of amides is 1. The highest BCUT2D eigenvalue weighted by Crippen LogP contribution is 2.17. The van der Waals surface area contributed by atoms with Crippen LogP contribution in [0.25, 0.3) is 0 Å². The summed E-state index contributed by atoms with van der Waals surface area (Å²) in [5, 5.41) is 8.75. The number of hydrogen-bond acceptors (Lipinski definition) is 3. The van der Waals surface area contributed by atoms with Gasteiger partial charge in [-0.25, -0.2) is 4.98 Å². The summed E-state index contributed by atoms with van der Waals surface area (Å²) in [4.78, 5) is 28.8. The van der Waals surface area contributed by atoms with E-state index in [0.29, 0.717) is 18.7 Å². The fraction of sp³-hybridized carbons (Fsp3) is 0.267. The van der Waals surface area contributed by atoms with Crippen molar-refractivity contribution in [2.75, 3.05) is 11.4 Å². The van der Waals surface area contributed by atoms with Gasteiger partial charge in [-0.05, 0) is 18.6 Å². The van der Waals surface area contributed by atoms with Crippen molar-refractivity contribution in [3.8, 4) is 0 Å². The maximum absolute atomic E-state index is 12.6. The molecular weight excluding hydrogens is 270 g/mol. The van der Waals surface area contributed by atoms with Crippen LogP contribution < -0.4 is 4.90 Å². The third-order valence-electron chi connectivity index (χ3n) is 3.12. The first-order chi connectivity index (χ1) is 10.1. The van der Waals surface area contributed by atoms with Crippen molar-refractivity contribution in [2.24, 2.45) is 7.05 Å². The topological polar surface area (TPSA) is 75.4 Å². The summed E-state index contributed by atoms with van der Waals surface area (Å²) in [6, 6.07) is 9.21. The van der Waals surface area contributed by atoms with Gasteiger partial charge < -0.3 is 14.6 Å². The molecule has 0 aliphatic rings. The van der Waals surface area contributed by atoms with Gasteiger partial charge in [-0.2, -0.15) is 0 Å². The summed E-state index contributed by atoms with van der Waals surface area (Å²) >= 11 is 0. The first kappa shape index (κ1) is 14.8. The molecule has 110 valence electrons. The molecule has 0 bridgehead atoms. The average Bonchev–Trinajstić information content (AvgIpc) is 2.90. The molecule has 0 radical (unpaired) electrons. The Kier molecular flexibility index (Phi) is 4.71. The Bertz CT molecular complexity index is 622. The number of imidazole rings is 1. The minimum Gasteiger partial charge on any atom is -0.481 e. The number of para-hydroxylation sites is 1. The minimum absolute atomic E-state index is 0.0298. The first-order valence-corrected chi connectivity index (χ1v) is 6.64. The Morgan fingerprint density at radius 1 is 1.29 bits per heavy atom. The Morgan fingerprint density at radius 3 is 2.57 bits per heavy atom. The van der Waals surface area contributed by atoms with E-state index in [9.17, 15) is 9.59 Å². The highest BCUT2D eigenvalue weighted by Gasteiger charge is 2.20. The molecule has 21 heavy (non-hydrogen) atoms. The standard InChI is InChI=1S/C15H17N3O3/c1-17-11-16-10-13(17)15(21)18(9-5-8-14(19)20)12-6-3-2-4-7-12/h2-4,6-7,10-11H,5,8-9H2,1H3,(H,19,20). The van der Waals surface area contributed by atoms with Crippen LogP contribution >= 0.6 is 0 Å². The molecule has 0 unspecified atom stereocenters. The van der Waals surface area contributed by atoms with E-state index in [1.807, 2.05) is 30.3 Å². The van der Waals surface area contributed by atoms with Gasteiger partial charge in [0.25, 0.3) is 5.91 Å². The SMILES string of the molecule is Cn1cncc1C(=O)N(CCCC(=O)O)c1ccccc1. The monoisotopic (exact) mass is 287 g/mol. The van der Waals surface area contributed by atoms with E-state index in [1.165, 1.54) is 6.20 Å².